The third-order valence-electron chi connectivity index (χ3n) is 3.04. The average molecular weight is 431 g/mol. The van der Waals surface area contributed by atoms with E-state index in [9.17, 15) is 0 Å². The van der Waals surface area contributed by atoms with Crippen molar-refractivity contribution in [2.75, 3.05) is 0 Å². The van der Waals surface area contributed by atoms with Crippen LogP contribution in [0, 0.1) is 26.7 Å². The monoisotopic (exact) mass is 430 g/mol. The van der Waals surface area contributed by atoms with Crippen LogP contribution in [-0.4, -0.2) is 4.98 Å². The van der Waals surface area contributed by atoms with Gasteiger partial charge in [0, 0.05) is 10.4 Å². The van der Waals surface area contributed by atoms with Crippen molar-refractivity contribution in [2.24, 2.45) is 0 Å². The van der Waals surface area contributed by atoms with E-state index in [0.717, 1.165) is 21.8 Å². The summed E-state index contributed by atoms with van der Waals surface area (Å²) >= 11 is 1.74. The first-order chi connectivity index (χ1) is 13.2. The summed E-state index contributed by atoms with van der Waals surface area (Å²) in [6, 6.07) is 18.5. The molecule has 1 nitrogen and oxygen atoms in total. The van der Waals surface area contributed by atoms with E-state index in [1.807, 2.05) is 71.9 Å². The molecule has 0 saturated heterocycles. The molecule has 0 fully saturated rings. The smallest absolute Gasteiger partial charge is 0.697 e. The molecule has 1 radical (unpaired) electrons. The number of terminal acetylenes is 1. The molecule has 1 heterocycles. The van der Waals surface area contributed by atoms with Gasteiger partial charge in [-0.25, -0.2) is 4.98 Å². The van der Waals surface area contributed by atoms with Crippen LogP contribution < -0.4 is 0 Å². The first-order valence-electron chi connectivity index (χ1n) is 9.48. The van der Waals surface area contributed by atoms with Gasteiger partial charge in [-0.3, -0.25) is 0 Å². The topological polar surface area (TPSA) is 12.9 Å². The average Bonchev–Trinajstić information content (AvgIpc) is 3.17. The van der Waals surface area contributed by atoms with E-state index in [-0.39, 0.29) is 18.6 Å². The van der Waals surface area contributed by atoms with Crippen molar-refractivity contribution in [3.63, 3.8) is 0 Å². The maximum absolute atomic E-state index is 5.25. The number of thiazole rings is 1. The van der Waals surface area contributed by atoms with Gasteiger partial charge < -0.3 is 12.8 Å². The molecule has 3 rings (SSSR count). The second-order valence-electron chi connectivity index (χ2n) is 4.49. The van der Waals surface area contributed by atoms with Gasteiger partial charge in [0.1, 0.15) is 5.01 Å². The van der Waals surface area contributed by atoms with E-state index in [1.54, 1.807) is 11.3 Å². The van der Waals surface area contributed by atoms with E-state index >= 15 is 0 Å². The van der Waals surface area contributed by atoms with E-state index in [2.05, 4.69) is 44.5 Å². The molecule has 0 unspecified atom stereocenters. The molecule has 0 aliphatic carbocycles. The molecular formula is C25H33NSV. The van der Waals surface area contributed by atoms with Gasteiger partial charge in [-0.15, -0.1) is 23.5 Å². The zero-order valence-corrected chi connectivity index (χ0v) is 20.5. The summed E-state index contributed by atoms with van der Waals surface area (Å²) in [6.07, 6.45) is 9.00. The van der Waals surface area contributed by atoms with Crippen LogP contribution in [0.4, 0.5) is 0 Å². The standard InChI is InChI=1S/C17H14NS.3C2H6.C2H.V/c1-12-8-10-14(11-9-12)16-13(2)19-17(18-16)15-6-4-3-5-7-15;4*1-2;/h3-11H,1H2,2H3;3*1-2H3;1H;/q-1;;;;-1;+2. The van der Waals surface area contributed by atoms with Crippen molar-refractivity contribution in [3.8, 4) is 28.3 Å². The Bertz CT molecular complexity index is 728. The van der Waals surface area contributed by atoms with Crippen LogP contribution in [0.3, 0.4) is 0 Å². The minimum absolute atomic E-state index is 0. The maximum atomic E-state index is 5.25. The molecule has 28 heavy (non-hydrogen) atoms. The molecule has 0 bridgehead atoms. The zero-order valence-electron chi connectivity index (χ0n) is 18.3. The van der Waals surface area contributed by atoms with Crippen LogP contribution >= 0.6 is 11.3 Å². The summed E-state index contributed by atoms with van der Waals surface area (Å²) in [4.78, 5) is 6.02. The number of aromatic nitrogens is 1. The number of aryl methyl sites for hydroxylation is 1. The number of rotatable bonds is 2. The minimum atomic E-state index is 0. The second kappa shape index (κ2) is 19.8. The first kappa shape index (κ1) is 30.8. The first-order valence-corrected chi connectivity index (χ1v) is 10.3. The molecule has 2 aromatic carbocycles. The quantitative estimate of drug-likeness (QED) is 0.295. The Morgan fingerprint density at radius 3 is 1.71 bits per heavy atom. The summed E-state index contributed by atoms with van der Waals surface area (Å²) in [5, 5.41) is 1.08. The zero-order chi connectivity index (χ0) is 21.2. The SMILES string of the molecule is CC.CC.CC.[C-]#C.[CH2-]c1ccc(-c2nc(-c3ccccc3)sc2C)cc1.[V+2]. The third kappa shape index (κ3) is 9.86. The minimum Gasteiger partial charge on any atom is -0.697 e. The van der Waals surface area contributed by atoms with Gasteiger partial charge in [0.25, 0.3) is 0 Å². The number of hydrogen-bond donors (Lipinski definition) is 0. The van der Waals surface area contributed by atoms with Crippen molar-refractivity contribution in [3.05, 3.63) is 78.4 Å². The van der Waals surface area contributed by atoms with Crippen LogP contribution in [0.25, 0.3) is 21.8 Å². The van der Waals surface area contributed by atoms with Crippen molar-refractivity contribution >= 4 is 11.3 Å². The van der Waals surface area contributed by atoms with E-state index in [1.165, 1.54) is 10.4 Å². The summed E-state index contributed by atoms with van der Waals surface area (Å²) in [6.45, 7) is 18.0. The van der Waals surface area contributed by atoms with Gasteiger partial charge >= 0.3 is 18.6 Å². The number of nitrogens with zero attached hydrogens (tertiary/aromatic N) is 1. The molecule has 0 spiro atoms. The molecule has 0 atom stereocenters. The Morgan fingerprint density at radius 2 is 1.25 bits per heavy atom. The van der Waals surface area contributed by atoms with Gasteiger partial charge in [0.2, 0.25) is 0 Å². The molecule has 149 valence electrons. The summed E-state index contributed by atoms with van der Waals surface area (Å²) in [7, 11) is 0. The van der Waals surface area contributed by atoms with Gasteiger partial charge in [-0.1, -0.05) is 71.9 Å². The molecule has 3 aromatic rings. The van der Waals surface area contributed by atoms with E-state index in [4.69, 9.17) is 11.4 Å². The molecule has 1 aromatic heterocycles. The fourth-order valence-corrected chi connectivity index (χ4v) is 2.97. The predicted octanol–water partition coefficient (Wildman–Crippen LogP) is 8.25. The van der Waals surface area contributed by atoms with Crippen molar-refractivity contribution < 1.29 is 18.6 Å². The molecule has 0 aliphatic rings. The van der Waals surface area contributed by atoms with Crippen LogP contribution in [-0.2, 0) is 18.6 Å². The van der Waals surface area contributed by atoms with Gasteiger partial charge in [-0.05, 0) is 12.5 Å². The van der Waals surface area contributed by atoms with Crippen LogP contribution in [0.1, 0.15) is 52.0 Å². The summed E-state index contributed by atoms with van der Waals surface area (Å²) in [5.74, 6) is 0. The van der Waals surface area contributed by atoms with Crippen LogP contribution in [0.5, 0.6) is 0 Å². The van der Waals surface area contributed by atoms with E-state index in [0.29, 0.717) is 0 Å². The second-order valence-corrected chi connectivity index (χ2v) is 5.69. The Balaban J connectivity index is -0.000000622. The summed E-state index contributed by atoms with van der Waals surface area (Å²) in [5.41, 5.74) is 4.43. The van der Waals surface area contributed by atoms with Crippen molar-refractivity contribution in [1.29, 1.82) is 0 Å². The number of benzene rings is 2. The number of hydrogen-bond acceptors (Lipinski definition) is 2. The Kier molecular flexibility index (Phi) is 21.8. The fraction of sp³-hybridized carbons (Fsp3) is 0.280. The maximum Gasteiger partial charge on any atom is 2.00 e. The largest absolute Gasteiger partial charge is 2.00 e. The predicted molar refractivity (Wildman–Crippen MR) is 124 cm³/mol. The molecule has 0 N–H and O–H groups in total. The Morgan fingerprint density at radius 1 is 0.786 bits per heavy atom. The molecule has 0 amide bonds. The van der Waals surface area contributed by atoms with Gasteiger partial charge in [0.15, 0.2) is 0 Å². The molecule has 0 aliphatic heterocycles. The van der Waals surface area contributed by atoms with Gasteiger partial charge in [-0.2, -0.15) is 24.6 Å². The third-order valence-corrected chi connectivity index (χ3v) is 4.06. The van der Waals surface area contributed by atoms with Crippen LogP contribution in [0.2, 0.25) is 0 Å². The molecule has 3 heteroatoms. The summed E-state index contributed by atoms with van der Waals surface area (Å²) < 4.78 is 0. The Hall–Kier alpha value is -1.92. The van der Waals surface area contributed by atoms with Crippen molar-refractivity contribution in [2.45, 2.75) is 48.5 Å². The Labute approximate surface area is 189 Å². The molecular weight excluding hydrogens is 397 g/mol. The molecule has 0 saturated carbocycles. The normalized spacial score (nSPS) is 7.89. The fourth-order valence-electron chi connectivity index (χ4n) is 2.03. The van der Waals surface area contributed by atoms with Gasteiger partial charge in [0.05, 0.1) is 5.69 Å². The van der Waals surface area contributed by atoms with Crippen LogP contribution in [0.15, 0.2) is 54.6 Å². The van der Waals surface area contributed by atoms with Crippen molar-refractivity contribution in [1.82, 2.24) is 4.98 Å². The van der Waals surface area contributed by atoms with E-state index < -0.39 is 0 Å².